The van der Waals surface area contributed by atoms with Crippen LogP contribution in [-0.2, 0) is 6.18 Å². The Hall–Kier alpha value is -2.03. The van der Waals surface area contributed by atoms with Gasteiger partial charge < -0.3 is 14.7 Å². The summed E-state index contributed by atoms with van der Waals surface area (Å²) in [6.45, 7) is 6.98. The van der Waals surface area contributed by atoms with E-state index in [1.807, 2.05) is 36.9 Å². The van der Waals surface area contributed by atoms with Crippen molar-refractivity contribution < 1.29 is 23.0 Å². The number of aliphatic hydroxyl groups is 1. The lowest BCUT2D eigenvalue weighted by molar-refractivity contribution is -0.137. The molecule has 0 saturated carbocycles. The molecule has 0 bridgehead atoms. The summed E-state index contributed by atoms with van der Waals surface area (Å²) in [5.41, 5.74) is 1.25. The Morgan fingerprint density at radius 3 is 2.50 bits per heavy atom. The Balaban J connectivity index is 1.49. The summed E-state index contributed by atoms with van der Waals surface area (Å²) >= 11 is 6.04. The highest BCUT2D eigenvalue weighted by atomic mass is 35.5. The molecule has 1 aliphatic rings. The Kier molecular flexibility index (Phi) is 7.10. The maximum atomic E-state index is 12.8. The molecular weight excluding hydrogens is 419 g/mol. The molecule has 1 atom stereocenters. The van der Waals surface area contributed by atoms with Gasteiger partial charge in [0.2, 0.25) is 0 Å². The van der Waals surface area contributed by atoms with Crippen LogP contribution in [0.15, 0.2) is 30.5 Å². The highest BCUT2D eigenvalue weighted by molar-refractivity contribution is 6.33. The molecule has 30 heavy (non-hydrogen) atoms. The monoisotopic (exact) mass is 443 g/mol. The first-order chi connectivity index (χ1) is 14.1. The third-order valence-corrected chi connectivity index (χ3v) is 5.34. The zero-order valence-electron chi connectivity index (χ0n) is 16.9. The van der Waals surface area contributed by atoms with Crippen molar-refractivity contribution >= 4 is 17.4 Å². The van der Waals surface area contributed by atoms with Gasteiger partial charge in [-0.2, -0.15) is 13.2 Å². The number of aromatic nitrogens is 1. The fraction of sp³-hybridized carbons (Fsp3) is 0.476. The lowest BCUT2D eigenvalue weighted by Crippen LogP contribution is -2.49. The zero-order valence-corrected chi connectivity index (χ0v) is 17.7. The molecule has 164 valence electrons. The van der Waals surface area contributed by atoms with Gasteiger partial charge in [-0.1, -0.05) is 23.7 Å². The van der Waals surface area contributed by atoms with Gasteiger partial charge in [0.25, 0.3) is 0 Å². The average molecular weight is 444 g/mol. The van der Waals surface area contributed by atoms with Gasteiger partial charge in [0.15, 0.2) is 0 Å². The molecule has 2 heterocycles. The number of alkyl halides is 3. The van der Waals surface area contributed by atoms with Crippen LogP contribution in [0.2, 0.25) is 5.02 Å². The number of anilines is 1. The van der Waals surface area contributed by atoms with Crippen LogP contribution in [0.25, 0.3) is 0 Å². The minimum atomic E-state index is -4.47. The van der Waals surface area contributed by atoms with E-state index in [9.17, 15) is 18.3 Å². The Labute approximate surface area is 179 Å². The molecule has 0 aliphatic carbocycles. The summed E-state index contributed by atoms with van der Waals surface area (Å²) in [4.78, 5) is 7.87. The molecule has 3 rings (SSSR count). The highest BCUT2D eigenvalue weighted by Crippen LogP contribution is 2.33. The summed E-state index contributed by atoms with van der Waals surface area (Å²) in [5, 5.41) is 10.3. The van der Waals surface area contributed by atoms with Crippen molar-refractivity contribution in [1.29, 1.82) is 0 Å². The van der Waals surface area contributed by atoms with Crippen molar-refractivity contribution in [1.82, 2.24) is 9.88 Å². The molecule has 1 unspecified atom stereocenters. The van der Waals surface area contributed by atoms with Gasteiger partial charge in [-0.25, -0.2) is 4.98 Å². The number of aliphatic hydroxyl groups excluding tert-OH is 1. The maximum Gasteiger partial charge on any atom is 0.417 e. The van der Waals surface area contributed by atoms with Crippen LogP contribution in [0.3, 0.4) is 0 Å². The highest BCUT2D eigenvalue weighted by Gasteiger charge is 2.32. The molecule has 2 aromatic rings. The van der Waals surface area contributed by atoms with E-state index in [0.717, 1.165) is 29.1 Å². The molecule has 1 fully saturated rings. The standard InChI is InChI=1S/C21H25ClF3N3O2/c1-14-3-4-15(2)19(9-14)30-13-17(29)12-27-5-7-28(8-6-27)20-18(22)10-16(11-26-20)21(23,24)25/h3-4,9-11,17,29H,5-8,12-13H2,1-2H3. The first kappa shape index (κ1) is 22.7. The van der Waals surface area contributed by atoms with E-state index in [1.165, 1.54) is 0 Å². The average Bonchev–Trinajstić information content (AvgIpc) is 2.68. The summed E-state index contributed by atoms with van der Waals surface area (Å²) < 4.78 is 44.1. The van der Waals surface area contributed by atoms with Gasteiger partial charge in [-0.3, -0.25) is 4.90 Å². The van der Waals surface area contributed by atoms with E-state index >= 15 is 0 Å². The predicted octanol–water partition coefficient (Wildman–Crippen LogP) is 3.93. The third kappa shape index (κ3) is 5.77. The van der Waals surface area contributed by atoms with Gasteiger partial charge in [0, 0.05) is 38.9 Å². The van der Waals surface area contributed by atoms with E-state index in [2.05, 4.69) is 9.88 Å². The van der Waals surface area contributed by atoms with Gasteiger partial charge in [-0.05, 0) is 37.1 Å². The van der Waals surface area contributed by atoms with Crippen molar-refractivity contribution in [3.63, 3.8) is 0 Å². The van der Waals surface area contributed by atoms with Crippen molar-refractivity contribution in [2.75, 3.05) is 44.2 Å². The molecule has 0 spiro atoms. The van der Waals surface area contributed by atoms with E-state index in [0.29, 0.717) is 38.5 Å². The minimum absolute atomic E-state index is 0.0137. The van der Waals surface area contributed by atoms with Gasteiger partial charge in [0.05, 0.1) is 10.6 Å². The minimum Gasteiger partial charge on any atom is -0.491 e. The quantitative estimate of drug-likeness (QED) is 0.733. The second-order valence-electron chi connectivity index (χ2n) is 7.55. The number of rotatable bonds is 6. The molecule has 0 amide bonds. The number of aryl methyl sites for hydroxylation is 2. The van der Waals surface area contributed by atoms with Crippen molar-refractivity contribution in [3.05, 3.63) is 52.2 Å². The summed E-state index contributed by atoms with van der Waals surface area (Å²) in [5.74, 6) is 1.12. The molecule has 1 aromatic carbocycles. The first-order valence-electron chi connectivity index (χ1n) is 9.71. The van der Waals surface area contributed by atoms with Gasteiger partial charge in [0.1, 0.15) is 24.3 Å². The number of pyridine rings is 1. The molecule has 1 aromatic heterocycles. The predicted molar refractivity (Wildman–Crippen MR) is 110 cm³/mol. The van der Waals surface area contributed by atoms with Crippen LogP contribution in [0, 0.1) is 13.8 Å². The number of β-amino-alcohol motifs (C(OH)–C–C–N with tert-alkyl or cyclic N) is 1. The van der Waals surface area contributed by atoms with Crippen molar-refractivity contribution in [2.45, 2.75) is 26.1 Å². The number of ether oxygens (including phenoxy) is 1. The molecule has 0 radical (unpaired) electrons. The van der Waals surface area contributed by atoms with Crippen LogP contribution in [-0.4, -0.2) is 60.4 Å². The molecule has 5 nitrogen and oxygen atoms in total. The molecular formula is C21H25ClF3N3O2. The van der Waals surface area contributed by atoms with Crippen molar-refractivity contribution in [2.24, 2.45) is 0 Å². The van der Waals surface area contributed by atoms with Gasteiger partial charge >= 0.3 is 6.18 Å². The van der Waals surface area contributed by atoms with E-state index in [4.69, 9.17) is 16.3 Å². The first-order valence-corrected chi connectivity index (χ1v) is 10.1. The van der Waals surface area contributed by atoms with Crippen LogP contribution < -0.4 is 9.64 Å². The fourth-order valence-electron chi connectivity index (χ4n) is 3.36. The molecule has 1 saturated heterocycles. The molecule has 1 N–H and O–H groups in total. The second kappa shape index (κ2) is 9.41. The Morgan fingerprint density at radius 2 is 1.87 bits per heavy atom. The Bertz CT molecular complexity index is 871. The zero-order chi connectivity index (χ0) is 21.9. The van der Waals surface area contributed by atoms with Gasteiger partial charge in [-0.15, -0.1) is 0 Å². The third-order valence-electron chi connectivity index (χ3n) is 5.06. The SMILES string of the molecule is Cc1ccc(C)c(OCC(O)CN2CCN(c3ncc(C(F)(F)F)cc3Cl)CC2)c1. The van der Waals surface area contributed by atoms with E-state index in [-0.39, 0.29) is 11.6 Å². The molecule has 1 aliphatic heterocycles. The number of hydrogen-bond acceptors (Lipinski definition) is 5. The summed E-state index contributed by atoms with van der Waals surface area (Å²) in [7, 11) is 0. The van der Waals surface area contributed by atoms with E-state index < -0.39 is 17.8 Å². The number of piperazine rings is 1. The second-order valence-corrected chi connectivity index (χ2v) is 7.96. The summed E-state index contributed by atoms with van der Waals surface area (Å²) in [6, 6.07) is 6.85. The number of halogens is 4. The lowest BCUT2D eigenvalue weighted by Gasteiger charge is -2.36. The summed E-state index contributed by atoms with van der Waals surface area (Å²) in [6.07, 6.45) is -4.31. The number of benzene rings is 1. The topological polar surface area (TPSA) is 48.8 Å². The van der Waals surface area contributed by atoms with Crippen molar-refractivity contribution in [3.8, 4) is 5.75 Å². The largest absolute Gasteiger partial charge is 0.491 e. The smallest absolute Gasteiger partial charge is 0.417 e. The van der Waals surface area contributed by atoms with Crippen LogP contribution in [0.5, 0.6) is 5.75 Å². The molecule has 9 heteroatoms. The van der Waals surface area contributed by atoms with Crippen LogP contribution >= 0.6 is 11.6 Å². The normalized spacial score (nSPS) is 16.6. The number of hydrogen-bond donors (Lipinski definition) is 1. The fourth-order valence-corrected chi connectivity index (χ4v) is 3.65. The lowest BCUT2D eigenvalue weighted by atomic mass is 10.1. The van der Waals surface area contributed by atoms with Crippen LogP contribution in [0.1, 0.15) is 16.7 Å². The maximum absolute atomic E-state index is 12.8. The van der Waals surface area contributed by atoms with Crippen LogP contribution in [0.4, 0.5) is 19.0 Å². The van der Waals surface area contributed by atoms with E-state index in [1.54, 1.807) is 0 Å². The number of nitrogens with zero attached hydrogens (tertiary/aromatic N) is 3. The Morgan fingerprint density at radius 1 is 1.17 bits per heavy atom.